The predicted octanol–water partition coefficient (Wildman–Crippen LogP) is 3.00. The number of sulfonamides is 1. The van der Waals surface area contributed by atoms with E-state index in [1.165, 1.54) is 18.9 Å². The SMILES string of the molecule is CCNC(=NCc1cccc(S(N)(=O)=O)c1)NCc1ccccc1OCC1CC1.I. The molecule has 30 heavy (non-hydrogen) atoms. The minimum atomic E-state index is -3.73. The molecule has 0 atom stereocenters. The number of nitrogens with zero attached hydrogens (tertiary/aromatic N) is 1. The van der Waals surface area contributed by atoms with E-state index in [4.69, 9.17) is 9.88 Å². The molecule has 4 N–H and O–H groups in total. The van der Waals surface area contributed by atoms with Crippen LogP contribution in [0, 0.1) is 5.92 Å². The van der Waals surface area contributed by atoms with E-state index in [0.717, 1.165) is 23.5 Å². The number of nitrogens with one attached hydrogen (secondary N) is 2. The van der Waals surface area contributed by atoms with Gasteiger partial charge >= 0.3 is 0 Å². The van der Waals surface area contributed by atoms with E-state index in [1.807, 2.05) is 37.3 Å². The molecule has 2 aromatic carbocycles. The molecule has 0 spiro atoms. The van der Waals surface area contributed by atoms with Crippen LogP contribution in [0.5, 0.6) is 5.75 Å². The second-order valence-corrected chi connectivity index (χ2v) is 8.66. The highest BCUT2D eigenvalue weighted by atomic mass is 127. The van der Waals surface area contributed by atoms with Crippen LogP contribution in [0.3, 0.4) is 0 Å². The summed E-state index contributed by atoms with van der Waals surface area (Å²) in [7, 11) is -3.73. The summed E-state index contributed by atoms with van der Waals surface area (Å²) in [6.45, 7) is 4.38. The summed E-state index contributed by atoms with van der Waals surface area (Å²) in [6, 6.07) is 14.5. The third kappa shape index (κ3) is 7.77. The predicted molar refractivity (Wildman–Crippen MR) is 130 cm³/mol. The van der Waals surface area contributed by atoms with Gasteiger partial charge in [0.05, 0.1) is 18.0 Å². The van der Waals surface area contributed by atoms with Crippen LogP contribution < -0.4 is 20.5 Å². The average molecular weight is 544 g/mol. The number of hydrogen-bond acceptors (Lipinski definition) is 4. The van der Waals surface area contributed by atoms with Crippen molar-refractivity contribution in [2.75, 3.05) is 13.2 Å². The number of para-hydroxylation sites is 1. The van der Waals surface area contributed by atoms with Crippen molar-refractivity contribution in [3.05, 3.63) is 59.7 Å². The molecule has 164 valence electrons. The van der Waals surface area contributed by atoms with Gasteiger partial charge in [-0.05, 0) is 49.4 Å². The van der Waals surface area contributed by atoms with Crippen LogP contribution in [-0.4, -0.2) is 27.5 Å². The number of benzene rings is 2. The molecule has 1 saturated carbocycles. The van der Waals surface area contributed by atoms with Crippen LogP contribution in [0.1, 0.15) is 30.9 Å². The van der Waals surface area contributed by atoms with Crippen LogP contribution >= 0.6 is 24.0 Å². The molecule has 0 aromatic heterocycles. The Hall–Kier alpha value is -1.85. The van der Waals surface area contributed by atoms with Gasteiger partial charge in [0.1, 0.15) is 5.75 Å². The molecule has 7 nitrogen and oxygen atoms in total. The lowest BCUT2D eigenvalue weighted by Gasteiger charge is -2.14. The minimum Gasteiger partial charge on any atom is -0.493 e. The van der Waals surface area contributed by atoms with Crippen LogP contribution in [-0.2, 0) is 23.1 Å². The first-order chi connectivity index (χ1) is 14.0. The van der Waals surface area contributed by atoms with Crippen molar-refractivity contribution in [1.82, 2.24) is 10.6 Å². The summed E-state index contributed by atoms with van der Waals surface area (Å²) >= 11 is 0. The van der Waals surface area contributed by atoms with Crippen LogP contribution in [0.15, 0.2) is 58.4 Å². The molecule has 1 aliphatic carbocycles. The lowest BCUT2D eigenvalue weighted by Crippen LogP contribution is -2.36. The summed E-state index contributed by atoms with van der Waals surface area (Å²) < 4.78 is 29.0. The maximum atomic E-state index is 11.5. The summed E-state index contributed by atoms with van der Waals surface area (Å²) in [6.07, 6.45) is 2.51. The van der Waals surface area contributed by atoms with Crippen molar-refractivity contribution in [2.24, 2.45) is 16.0 Å². The van der Waals surface area contributed by atoms with Crippen LogP contribution in [0.25, 0.3) is 0 Å². The molecular weight excluding hydrogens is 515 g/mol. The lowest BCUT2D eigenvalue weighted by molar-refractivity contribution is 0.296. The molecule has 1 fully saturated rings. The zero-order valence-corrected chi connectivity index (χ0v) is 20.2. The Balaban J connectivity index is 0.00000320. The van der Waals surface area contributed by atoms with E-state index < -0.39 is 10.0 Å². The molecule has 0 heterocycles. The smallest absolute Gasteiger partial charge is 0.238 e. The van der Waals surface area contributed by atoms with Gasteiger partial charge in [0.25, 0.3) is 0 Å². The van der Waals surface area contributed by atoms with Gasteiger partial charge in [-0.1, -0.05) is 30.3 Å². The van der Waals surface area contributed by atoms with Crippen LogP contribution in [0.2, 0.25) is 0 Å². The Morgan fingerprint density at radius 2 is 1.93 bits per heavy atom. The van der Waals surface area contributed by atoms with Gasteiger partial charge in [-0.2, -0.15) is 0 Å². The number of rotatable bonds is 9. The Morgan fingerprint density at radius 1 is 1.17 bits per heavy atom. The highest BCUT2D eigenvalue weighted by molar-refractivity contribution is 14.0. The second kappa shape index (κ2) is 11.5. The van der Waals surface area contributed by atoms with E-state index in [-0.39, 0.29) is 28.9 Å². The first-order valence-corrected chi connectivity index (χ1v) is 11.3. The van der Waals surface area contributed by atoms with Crippen molar-refractivity contribution in [1.29, 1.82) is 0 Å². The number of hydrogen-bond donors (Lipinski definition) is 3. The zero-order valence-electron chi connectivity index (χ0n) is 17.0. The molecule has 0 amide bonds. The molecule has 3 rings (SSSR count). The molecule has 2 aromatic rings. The Bertz CT molecular complexity index is 962. The Morgan fingerprint density at radius 3 is 2.63 bits per heavy atom. The van der Waals surface area contributed by atoms with Gasteiger partial charge in [-0.15, -0.1) is 24.0 Å². The maximum Gasteiger partial charge on any atom is 0.238 e. The highest BCUT2D eigenvalue weighted by Gasteiger charge is 2.22. The van der Waals surface area contributed by atoms with E-state index in [9.17, 15) is 8.42 Å². The van der Waals surface area contributed by atoms with Gasteiger partial charge in [0.15, 0.2) is 5.96 Å². The number of aliphatic imine (C=N–C) groups is 1. The maximum absolute atomic E-state index is 11.5. The standard InChI is InChI=1S/C21H28N4O3S.HI/c1-2-23-21(24-13-17-6-5-8-19(12-17)29(22,26)27)25-14-18-7-3-4-9-20(18)28-15-16-10-11-16;/h3-9,12,16H,2,10-11,13-15H2,1H3,(H2,22,26,27)(H2,23,24,25);1H. The van der Waals surface area contributed by atoms with E-state index >= 15 is 0 Å². The highest BCUT2D eigenvalue weighted by Crippen LogP contribution is 2.30. The fourth-order valence-corrected chi connectivity index (χ4v) is 3.38. The topological polar surface area (TPSA) is 106 Å². The number of nitrogens with two attached hydrogens (primary N) is 1. The Kier molecular flexibility index (Phi) is 9.37. The number of primary sulfonamides is 1. The molecule has 0 radical (unpaired) electrons. The fraction of sp³-hybridized carbons (Fsp3) is 0.381. The van der Waals surface area contributed by atoms with Gasteiger partial charge in [0.2, 0.25) is 10.0 Å². The third-order valence-electron chi connectivity index (χ3n) is 4.58. The quantitative estimate of drug-likeness (QED) is 0.256. The Labute approximate surface area is 195 Å². The molecule has 0 saturated heterocycles. The molecule has 1 aliphatic rings. The van der Waals surface area contributed by atoms with Gasteiger partial charge in [0, 0.05) is 18.7 Å². The lowest BCUT2D eigenvalue weighted by atomic mass is 10.2. The first kappa shape index (κ1) is 24.4. The zero-order chi connectivity index (χ0) is 20.7. The third-order valence-corrected chi connectivity index (χ3v) is 5.49. The fourth-order valence-electron chi connectivity index (χ4n) is 2.79. The van der Waals surface area contributed by atoms with Crippen LogP contribution in [0.4, 0.5) is 0 Å². The number of guanidine groups is 1. The first-order valence-electron chi connectivity index (χ1n) is 9.80. The average Bonchev–Trinajstić information content (AvgIpc) is 3.53. The molecule has 0 unspecified atom stereocenters. The normalized spacial score (nSPS) is 14.0. The summed E-state index contributed by atoms with van der Waals surface area (Å²) in [5.74, 6) is 2.23. The van der Waals surface area contributed by atoms with Gasteiger partial charge in [-0.25, -0.2) is 18.5 Å². The van der Waals surface area contributed by atoms with E-state index in [0.29, 0.717) is 31.5 Å². The minimum absolute atomic E-state index is 0. The monoisotopic (exact) mass is 544 g/mol. The summed E-state index contributed by atoms with van der Waals surface area (Å²) in [5.41, 5.74) is 1.83. The molecular formula is C21H29IN4O3S. The van der Waals surface area contributed by atoms with Crippen molar-refractivity contribution in [3.8, 4) is 5.75 Å². The number of ether oxygens (including phenoxy) is 1. The van der Waals surface area contributed by atoms with Crippen molar-refractivity contribution >= 4 is 40.0 Å². The molecule has 0 bridgehead atoms. The number of halogens is 1. The van der Waals surface area contributed by atoms with Crippen molar-refractivity contribution in [3.63, 3.8) is 0 Å². The molecule has 9 heteroatoms. The van der Waals surface area contributed by atoms with Gasteiger partial charge < -0.3 is 15.4 Å². The molecule has 0 aliphatic heterocycles. The summed E-state index contributed by atoms with van der Waals surface area (Å²) in [5, 5.41) is 11.7. The van der Waals surface area contributed by atoms with Crippen molar-refractivity contribution < 1.29 is 13.2 Å². The van der Waals surface area contributed by atoms with E-state index in [1.54, 1.807) is 12.1 Å². The second-order valence-electron chi connectivity index (χ2n) is 7.10. The summed E-state index contributed by atoms with van der Waals surface area (Å²) in [4.78, 5) is 4.64. The van der Waals surface area contributed by atoms with E-state index in [2.05, 4.69) is 15.6 Å². The van der Waals surface area contributed by atoms with Gasteiger partial charge in [-0.3, -0.25) is 0 Å². The van der Waals surface area contributed by atoms with Crippen molar-refractivity contribution in [2.45, 2.75) is 37.8 Å². The largest absolute Gasteiger partial charge is 0.493 e.